The van der Waals surface area contributed by atoms with Crippen molar-refractivity contribution in [2.75, 3.05) is 26.1 Å². The molecule has 29 heavy (non-hydrogen) atoms. The number of anilines is 1. The van der Waals surface area contributed by atoms with Gasteiger partial charge in [0.1, 0.15) is 11.5 Å². The quantitative estimate of drug-likeness (QED) is 0.620. The van der Waals surface area contributed by atoms with E-state index in [0.29, 0.717) is 22.7 Å². The van der Waals surface area contributed by atoms with Crippen LogP contribution in [0.25, 0.3) is 5.69 Å². The molecule has 7 heteroatoms. The molecule has 0 aliphatic rings. The Kier molecular flexibility index (Phi) is 6.19. The van der Waals surface area contributed by atoms with Crippen molar-refractivity contribution in [3.63, 3.8) is 0 Å². The molecule has 3 rings (SSSR count). The number of aromatic nitrogens is 1. The van der Waals surface area contributed by atoms with E-state index in [-0.39, 0.29) is 0 Å². The summed E-state index contributed by atoms with van der Waals surface area (Å²) in [5, 5.41) is 2.66. The molecule has 1 heterocycles. The molecule has 0 atom stereocenters. The van der Waals surface area contributed by atoms with Crippen molar-refractivity contribution >= 4 is 17.6 Å². The van der Waals surface area contributed by atoms with Crippen LogP contribution in [-0.4, -0.2) is 37.3 Å². The molecule has 0 aliphatic carbocycles. The van der Waals surface area contributed by atoms with Gasteiger partial charge in [-0.15, -0.1) is 0 Å². The van der Waals surface area contributed by atoms with Gasteiger partial charge in [0.05, 0.1) is 25.5 Å². The number of amides is 1. The lowest BCUT2D eigenvalue weighted by Crippen LogP contribution is -2.21. The van der Waals surface area contributed by atoms with E-state index < -0.39 is 18.5 Å². The minimum atomic E-state index is -0.578. The molecule has 1 amide bonds. The summed E-state index contributed by atoms with van der Waals surface area (Å²) in [6, 6.07) is 14.1. The van der Waals surface area contributed by atoms with Crippen LogP contribution in [0.15, 0.2) is 60.9 Å². The highest BCUT2D eigenvalue weighted by atomic mass is 16.5. The summed E-state index contributed by atoms with van der Waals surface area (Å²) in [6.45, 7) is 1.53. The van der Waals surface area contributed by atoms with Gasteiger partial charge in [-0.1, -0.05) is 6.07 Å². The van der Waals surface area contributed by atoms with Crippen LogP contribution < -0.4 is 14.8 Å². The fourth-order valence-electron chi connectivity index (χ4n) is 2.82. The van der Waals surface area contributed by atoms with Crippen molar-refractivity contribution in [1.29, 1.82) is 0 Å². The summed E-state index contributed by atoms with van der Waals surface area (Å²) < 4.78 is 17.5. The molecule has 0 aliphatic heterocycles. The number of hydrogen-bond acceptors (Lipinski definition) is 5. The molecular weight excluding hydrogens is 372 g/mol. The smallest absolute Gasteiger partial charge is 0.338 e. The largest absolute Gasteiger partial charge is 0.497 e. The van der Waals surface area contributed by atoms with Crippen molar-refractivity contribution in [2.45, 2.75) is 6.92 Å². The normalized spacial score (nSPS) is 10.3. The van der Waals surface area contributed by atoms with Crippen LogP contribution in [0.4, 0.5) is 5.69 Å². The summed E-state index contributed by atoms with van der Waals surface area (Å²) in [4.78, 5) is 24.6. The number of carbonyl (C=O) groups is 2. The number of methoxy groups -OCH3 is 2. The maximum absolute atomic E-state index is 12.4. The van der Waals surface area contributed by atoms with Crippen LogP contribution in [0.3, 0.4) is 0 Å². The Labute approximate surface area is 168 Å². The van der Waals surface area contributed by atoms with Crippen molar-refractivity contribution in [1.82, 2.24) is 4.57 Å². The maximum Gasteiger partial charge on any atom is 0.338 e. The van der Waals surface area contributed by atoms with Crippen LogP contribution in [0.1, 0.15) is 15.9 Å². The molecule has 1 N–H and O–H groups in total. The Hall–Kier alpha value is -3.74. The number of hydrogen-bond donors (Lipinski definition) is 1. The van der Waals surface area contributed by atoms with Gasteiger partial charge in [-0.25, -0.2) is 4.79 Å². The average molecular weight is 394 g/mol. The summed E-state index contributed by atoms with van der Waals surface area (Å²) >= 11 is 0. The third-order valence-corrected chi connectivity index (χ3v) is 4.34. The topological polar surface area (TPSA) is 78.8 Å². The highest BCUT2D eigenvalue weighted by molar-refractivity contribution is 5.96. The summed E-state index contributed by atoms with van der Waals surface area (Å²) in [5.41, 5.74) is 2.68. The Bertz CT molecular complexity index is 1010. The van der Waals surface area contributed by atoms with Gasteiger partial charge in [0.2, 0.25) is 0 Å². The SMILES string of the molecule is COc1ccc(OC)c(NC(=O)COC(=O)c2ccc(C)c(-n3cccc3)c2)c1. The van der Waals surface area contributed by atoms with E-state index in [1.165, 1.54) is 14.2 Å². The molecular formula is C22H22N2O5. The highest BCUT2D eigenvalue weighted by Gasteiger charge is 2.14. The van der Waals surface area contributed by atoms with Crippen LogP contribution in [0.2, 0.25) is 0 Å². The van der Waals surface area contributed by atoms with Gasteiger partial charge >= 0.3 is 5.97 Å². The van der Waals surface area contributed by atoms with Gasteiger partial charge < -0.3 is 24.1 Å². The lowest BCUT2D eigenvalue weighted by molar-refractivity contribution is -0.119. The van der Waals surface area contributed by atoms with Crippen LogP contribution >= 0.6 is 0 Å². The maximum atomic E-state index is 12.4. The predicted molar refractivity (Wildman–Crippen MR) is 109 cm³/mol. The van der Waals surface area contributed by atoms with Gasteiger partial charge in [-0.3, -0.25) is 4.79 Å². The molecule has 7 nitrogen and oxygen atoms in total. The summed E-state index contributed by atoms with van der Waals surface area (Å²) in [5.74, 6) is -0.0236. The first-order valence-electron chi connectivity index (χ1n) is 8.95. The molecule has 0 saturated carbocycles. The number of aryl methyl sites for hydroxylation is 1. The molecule has 0 unspecified atom stereocenters. The molecule has 0 spiro atoms. The molecule has 150 valence electrons. The number of esters is 1. The van der Waals surface area contributed by atoms with Crippen LogP contribution in [-0.2, 0) is 9.53 Å². The third-order valence-electron chi connectivity index (χ3n) is 4.34. The second kappa shape index (κ2) is 8.97. The number of ether oxygens (including phenoxy) is 3. The molecule has 2 aromatic carbocycles. The molecule has 1 aromatic heterocycles. The summed E-state index contributed by atoms with van der Waals surface area (Å²) in [7, 11) is 3.02. The van der Waals surface area contributed by atoms with E-state index in [0.717, 1.165) is 11.3 Å². The Morgan fingerprint density at radius 3 is 2.45 bits per heavy atom. The van der Waals surface area contributed by atoms with Gasteiger partial charge in [-0.05, 0) is 48.9 Å². The standard InChI is InChI=1S/C22H22N2O5/c1-15-6-7-16(12-19(15)24-10-4-5-11-24)22(26)29-14-21(25)23-18-13-17(27-2)8-9-20(18)28-3/h4-13H,14H2,1-3H3,(H,23,25). The lowest BCUT2D eigenvalue weighted by Gasteiger charge is -2.12. The Morgan fingerprint density at radius 2 is 1.76 bits per heavy atom. The predicted octanol–water partition coefficient (Wildman–Crippen LogP) is 3.60. The van der Waals surface area contributed by atoms with Gasteiger partial charge in [0.15, 0.2) is 6.61 Å². The zero-order chi connectivity index (χ0) is 20.8. The second-order valence-corrected chi connectivity index (χ2v) is 6.28. The molecule has 0 fully saturated rings. The number of benzene rings is 2. The first-order valence-corrected chi connectivity index (χ1v) is 8.95. The molecule has 0 radical (unpaired) electrons. The van der Waals surface area contributed by atoms with Crippen molar-refractivity contribution in [2.24, 2.45) is 0 Å². The minimum Gasteiger partial charge on any atom is -0.497 e. The Morgan fingerprint density at radius 1 is 1.00 bits per heavy atom. The monoisotopic (exact) mass is 394 g/mol. The molecule has 3 aromatic rings. The highest BCUT2D eigenvalue weighted by Crippen LogP contribution is 2.28. The minimum absolute atomic E-state index is 0.367. The third kappa shape index (κ3) is 4.76. The fourth-order valence-corrected chi connectivity index (χ4v) is 2.82. The van der Waals surface area contributed by atoms with E-state index in [9.17, 15) is 9.59 Å². The first-order chi connectivity index (χ1) is 14.0. The number of carbonyl (C=O) groups excluding carboxylic acids is 2. The van der Waals surface area contributed by atoms with E-state index in [1.54, 1.807) is 30.3 Å². The second-order valence-electron chi connectivity index (χ2n) is 6.28. The van der Waals surface area contributed by atoms with Crippen LogP contribution in [0, 0.1) is 6.92 Å². The van der Waals surface area contributed by atoms with E-state index in [1.807, 2.05) is 42.1 Å². The molecule has 0 bridgehead atoms. The Balaban J connectivity index is 1.65. The zero-order valence-corrected chi connectivity index (χ0v) is 16.5. The van der Waals surface area contributed by atoms with Gasteiger partial charge in [0.25, 0.3) is 5.91 Å². The molecule has 0 saturated heterocycles. The summed E-state index contributed by atoms with van der Waals surface area (Å²) in [6.07, 6.45) is 3.79. The average Bonchev–Trinajstić information content (AvgIpc) is 3.27. The van der Waals surface area contributed by atoms with Crippen molar-refractivity contribution in [3.8, 4) is 17.2 Å². The number of rotatable bonds is 7. The number of nitrogens with one attached hydrogen (secondary N) is 1. The fraction of sp³-hybridized carbons (Fsp3) is 0.182. The lowest BCUT2D eigenvalue weighted by atomic mass is 10.1. The first kappa shape index (κ1) is 20.0. The van der Waals surface area contributed by atoms with Crippen molar-refractivity contribution in [3.05, 3.63) is 72.1 Å². The van der Waals surface area contributed by atoms with Crippen molar-refractivity contribution < 1.29 is 23.8 Å². The zero-order valence-electron chi connectivity index (χ0n) is 16.5. The van der Waals surface area contributed by atoms with E-state index in [4.69, 9.17) is 14.2 Å². The number of nitrogens with zero attached hydrogens (tertiary/aromatic N) is 1. The van der Waals surface area contributed by atoms with Gasteiger partial charge in [0, 0.05) is 24.1 Å². The van der Waals surface area contributed by atoms with E-state index in [2.05, 4.69) is 5.32 Å². The van der Waals surface area contributed by atoms with E-state index >= 15 is 0 Å². The van der Waals surface area contributed by atoms with Gasteiger partial charge in [-0.2, -0.15) is 0 Å². The van der Waals surface area contributed by atoms with Crippen LogP contribution in [0.5, 0.6) is 11.5 Å².